The van der Waals surface area contributed by atoms with Crippen LogP contribution in [-0.4, -0.2) is 32.5 Å². The molecule has 0 amide bonds. The van der Waals surface area contributed by atoms with Crippen molar-refractivity contribution in [1.82, 2.24) is 4.72 Å². The molecular weight excluding hydrogens is 324 g/mol. The molecule has 1 atom stereocenters. The molecule has 8 nitrogen and oxygen atoms in total. The Bertz CT molecular complexity index is 669. The summed E-state index contributed by atoms with van der Waals surface area (Å²) in [5.74, 6) is -0.695. The van der Waals surface area contributed by atoms with Gasteiger partial charge in [0.15, 0.2) is 0 Å². The first-order valence-electron chi connectivity index (χ1n) is 6.77. The fourth-order valence-electron chi connectivity index (χ4n) is 1.84. The van der Waals surface area contributed by atoms with E-state index in [1.165, 1.54) is 7.11 Å². The Hall–Kier alpha value is -2.26. The largest absolute Gasteiger partial charge is 0.468 e. The average molecular weight is 342 g/mol. The van der Waals surface area contributed by atoms with E-state index in [4.69, 9.17) is 0 Å². The fourth-order valence-corrected chi connectivity index (χ4v) is 3.05. The number of allylic oxidation sites excluding steroid dienone is 1. The zero-order valence-corrected chi connectivity index (χ0v) is 13.4. The summed E-state index contributed by atoms with van der Waals surface area (Å²) in [5.41, 5.74) is -0.223. The van der Waals surface area contributed by atoms with Gasteiger partial charge in [0.1, 0.15) is 6.04 Å². The molecule has 1 N–H and O–H groups in total. The predicted octanol–water partition coefficient (Wildman–Crippen LogP) is 1.77. The average Bonchev–Trinajstić information content (AvgIpc) is 2.53. The summed E-state index contributed by atoms with van der Waals surface area (Å²) in [6, 6.07) is 3.36. The Labute approximate surface area is 134 Å². The van der Waals surface area contributed by atoms with Gasteiger partial charge in [0.05, 0.1) is 16.9 Å². The molecule has 0 heterocycles. The van der Waals surface area contributed by atoms with Gasteiger partial charge in [-0.15, -0.1) is 6.58 Å². The molecule has 1 aromatic carbocycles. The quantitative estimate of drug-likeness (QED) is 0.240. The maximum absolute atomic E-state index is 12.3. The van der Waals surface area contributed by atoms with Crippen molar-refractivity contribution in [3.63, 3.8) is 0 Å². The molecule has 0 fully saturated rings. The van der Waals surface area contributed by atoms with E-state index in [2.05, 4.69) is 16.0 Å². The van der Waals surface area contributed by atoms with Gasteiger partial charge in [0, 0.05) is 12.1 Å². The highest BCUT2D eigenvalue weighted by atomic mass is 32.2. The van der Waals surface area contributed by atoms with E-state index in [0.29, 0.717) is 12.8 Å². The lowest BCUT2D eigenvalue weighted by atomic mass is 10.1. The topological polar surface area (TPSA) is 116 Å². The second kappa shape index (κ2) is 8.39. The minimum absolute atomic E-state index is 0.166. The molecule has 23 heavy (non-hydrogen) atoms. The van der Waals surface area contributed by atoms with Crippen LogP contribution in [0.25, 0.3) is 0 Å². The SMILES string of the molecule is C=CCCC[C@H](NS(=O)(=O)c1ccc([N+](=O)[O-])cc1)C(=O)OC. The zero-order valence-electron chi connectivity index (χ0n) is 12.6. The van der Waals surface area contributed by atoms with Crippen LogP contribution in [-0.2, 0) is 19.6 Å². The van der Waals surface area contributed by atoms with Gasteiger partial charge in [-0.1, -0.05) is 6.08 Å². The monoisotopic (exact) mass is 342 g/mol. The molecule has 0 aliphatic rings. The maximum Gasteiger partial charge on any atom is 0.323 e. The molecule has 0 aromatic heterocycles. The number of sulfonamides is 1. The first kappa shape index (κ1) is 18.8. The second-order valence-corrected chi connectivity index (χ2v) is 6.38. The van der Waals surface area contributed by atoms with Crippen LogP contribution in [0.4, 0.5) is 5.69 Å². The fraction of sp³-hybridized carbons (Fsp3) is 0.357. The third kappa shape index (κ3) is 5.46. The normalized spacial score (nSPS) is 12.4. The Kier molecular flexibility index (Phi) is 6.86. The Morgan fingerprint density at radius 3 is 2.52 bits per heavy atom. The number of esters is 1. The van der Waals surface area contributed by atoms with Gasteiger partial charge in [0.25, 0.3) is 5.69 Å². The van der Waals surface area contributed by atoms with Crippen molar-refractivity contribution in [2.45, 2.75) is 30.2 Å². The molecular formula is C14H18N2O6S. The van der Waals surface area contributed by atoms with Crippen LogP contribution in [0.5, 0.6) is 0 Å². The number of hydrogen-bond donors (Lipinski definition) is 1. The molecule has 126 valence electrons. The molecule has 0 radical (unpaired) electrons. The van der Waals surface area contributed by atoms with E-state index in [1.54, 1.807) is 6.08 Å². The summed E-state index contributed by atoms with van der Waals surface area (Å²) >= 11 is 0. The van der Waals surface area contributed by atoms with Gasteiger partial charge in [0.2, 0.25) is 10.0 Å². The van der Waals surface area contributed by atoms with Crippen LogP contribution in [0.1, 0.15) is 19.3 Å². The molecule has 1 aromatic rings. The summed E-state index contributed by atoms with van der Waals surface area (Å²) in [6.07, 6.45) is 3.11. The summed E-state index contributed by atoms with van der Waals surface area (Å²) in [5, 5.41) is 10.6. The first-order valence-corrected chi connectivity index (χ1v) is 8.25. The minimum atomic E-state index is -3.99. The molecule has 0 saturated heterocycles. The highest BCUT2D eigenvalue weighted by molar-refractivity contribution is 7.89. The highest BCUT2D eigenvalue weighted by Crippen LogP contribution is 2.17. The van der Waals surface area contributed by atoms with Crippen molar-refractivity contribution in [3.05, 3.63) is 47.0 Å². The Morgan fingerprint density at radius 2 is 2.04 bits per heavy atom. The van der Waals surface area contributed by atoms with Crippen LogP contribution in [0.2, 0.25) is 0 Å². The van der Waals surface area contributed by atoms with Crippen LogP contribution in [0, 0.1) is 10.1 Å². The summed E-state index contributed by atoms with van der Waals surface area (Å²) in [7, 11) is -2.82. The number of carbonyl (C=O) groups excluding carboxylic acids is 1. The molecule has 0 saturated carbocycles. The highest BCUT2D eigenvalue weighted by Gasteiger charge is 2.26. The summed E-state index contributed by atoms with van der Waals surface area (Å²) in [6.45, 7) is 3.56. The number of benzene rings is 1. The number of carbonyl (C=O) groups is 1. The first-order chi connectivity index (χ1) is 10.8. The predicted molar refractivity (Wildman–Crippen MR) is 83.3 cm³/mol. The van der Waals surface area contributed by atoms with E-state index in [-0.39, 0.29) is 17.0 Å². The van der Waals surface area contributed by atoms with Crippen LogP contribution in [0.15, 0.2) is 41.8 Å². The lowest BCUT2D eigenvalue weighted by Gasteiger charge is -2.16. The van der Waals surface area contributed by atoms with Gasteiger partial charge in [-0.2, -0.15) is 4.72 Å². The number of non-ortho nitro benzene ring substituents is 1. The lowest BCUT2D eigenvalue weighted by molar-refractivity contribution is -0.384. The van der Waals surface area contributed by atoms with Crippen LogP contribution in [0.3, 0.4) is 0 Å². The number of nitro groups is 1. The minimum Gasteiger partial charge on any atom is -0.468 e. The molecule has 0 aliphatic heterocycles. The maximum atomic E-state index is 12.3. The van der Waals surface area contributed by atoms with Crippen molar-refractivity contribution in [2.75, 3.05) is 7.11 Å². The van der Waals surface area contributed by atoms with Crippen molar-refractivity contribution >= 4 is 21.7 Å². The van der Waals surface area contributed by atoms with Gasteiger partial charge >= 0.3 is 5.97 Å². The Balaban J connectivity index is 2.93. The molecule has 0 aliphatic carbocycles. The third-order valence-electron chi connectivity index (χ3n) is 3.04. The van der Waals surface area contributed by atoms with Crippen molar-refractivity contribution in [3.8, 4) is 0 Å². The number of nitrogens with one attached hydrogen (secondary N) is 1. The van der Waals surface area contributed by atoms with E-state index in [1.807, 2.05) is 0 Å². The summed E-state index contributed by atoms with van der Waals surface area (Å²) < 4.78 is 31.4. The number of nitro benzene ring substituents is 1. The van der Waals surface area contributed by atoms with Gasteiger partial charge in [-0.25, -0.2) is 8.42 Å². The number of unbranched alkanes of at least 4 members (excludes halogenated alkanes) is 1. The van der Waals surface area contributed by atoms with Crippen LogP contribution < -0.4 is 4.72 Å². The number of nitrogens with zero attached hydrogens (tertiary/aromatic N) is 1. The van der Waals surface area contributed by atoms with Gasteiger partial charge in [-0.3, -0.25) is 14.9 Å². The second-order valence-electron chi connectivity index (χ2n) is 4.67. The van der Waals surface area contributed by atoms with Crippen LogP contribution >= 0.6 is 0 Å². The molecule has 1 rings (SSSR count). The number of hydrogen-bond acceptors (Lipinski definition) is 6. The number of rotatable bonds is 9. The van der Waals surface area contributed by atoms with E-state index >= 15 is 0 Å². The smallest absolute Gasteiger partial charge is 0.323 e. The molecule has 0 unspecified atom stereocenters. The van der Waals surface area contributed by atoms with E-state index in [0.717, 1.165) is 24.3 Å². The molecule has 0 bridgehead atoms. The van der Waals surface area contributed by atoms with Gasteiger partial charge in [-0.05, 0) is 31.4 Å². The van der Waals surface area contributed by atoms with Crippen molar-refractivity contribution < 1.29 is 22.9 Å². The van der Waals surface area contributed by atoms with Gasteiger partial charge < -0.3 is 4.74 Å². The van der Waals surface area contributed by atoms with Crippen molar-refractivity contribution in [1.29, 1.82) is 0 Å². The van der Waals surface area contributed by atoms with E-state index < -0.39 is 27.0 Å². The number of ether oxygens (including phenoxy) is 1. The third-order valence-corrected chi connectivity index (χ3v) is 4.53. The zero-order chi connectivity index (χ0) is 17.5. The van der Waals surface area contributed by atoms with Crippen molar-refractivity contribution in [2.24, 2.45) is 0 Å². The summed E-state index contributed by atoms with van der Waals surface area (Å²) in [4.78, 5) is 21.5. The Morgan fingerprint density at radius 1 is 1.43 bits per heavy atom. The lowest BCUT2D eigenvalue weighted by Crippen LogP contribution is -2.41. The molecule has 9 heteroatoms. The molecule has 0 spiro atoms. The standard InChI is InChI=1S/C14H18N2O6S/c1-3-4-5-6-13(14(17)22-2)15-23(20,21)12-9-7-11(8-10-12)16(18)19/h3,7-10,13,15H,1,4-6H2,2H3/t13-/m0/s1. The van der Waals surface area contributed by atoms with E-state index in [9.17, 15) is 23.3 Å². The number of methoxy groups -OCH3 is 1.